The Morgan fingerprint density at radius 1 is 1.20 bits per heavy atom. The van der Waals surface area contributed by atoms with Crippen molar-refractivity contribution in [2.45, 2.75) is 33.3 Å². The molecular weight excluding hydrogens is 192 g/mol. The normalized spacial score (nSPS) is 13.1. The van der Waals surface area contributed by atoms with Crippen LogP contribution in [0.15, 0.2) is 36.5 Å². The van der Waals surface area contributed by atoms with Crippen LogP contribution in [0.3, 0.4) is 0 Å². The molecule has 0 radical (unpaired) electrons. The largest absolute Gasteiger partial charge is 0.478 e. The van der Waals surface area contributed by atoms with Crippen LogP contribution < -0.4 is 0 Å². The Morgan fingerprint density at radius 2 is 1.73 bits per heavy atom. The number of allylic oxidation sites excluding steroid dienone is 4. The van der Waals surface area contributed by atoms with Gasteiger partial charge >= 0.3 is 5.97 Å². The lowest BCUT2D eigenvalue weighted by molar-refractivity contribution is -0.131. The zero-order valence-corrected chi connectivity index (χ0v) is 9.55. The SMILES string of the molecule is CC.CC(O)C/C=C/C=C/C=C/C(=O)O. The lowest BCUT2D eigenvalue weighted by atomic mass is 10.2. The summed E-state index contributed by atoms with van der Waals surface area (Å²) < 4.78 is 0. The Balaban J connectivity index is 0. The van der Waals surface area contributed by atoms with E-state index in [0.717, 1.165) is 6.08 Å². The lowest BCUT2D eigenvalue weighted by Crippen LogP contribution is -1.94. The Kier molecular flexibility index (Phi) is 13.6. The zero-order valence-electron chi connectivity index (χ0n) is 9.55. The maximum atomic E-state index is 10.0. The maximum absolute atomic E-state index is 10.0. The Hall–Kier alpha value is -1.35. The van der Waals surface area contributed by atoms with Gasteiger partial charge < -0.3 is 10.2 Å². The predicted octanol–water partition coefficient (Wildman–Crippen LogP) is 2.54. The van der Waals surface area contributed by atoms with Crippen LogP contribution in [0.2, 0.25) is 0 Å². The molecular formula is C12H20O3. The molecule has 15 heavy (non-hydrogen) atoms. The summed E-state index contributed by atoms with van der Waals surface area (Å²) in [6.07, 6.45) is 9.67. The van der Waals surface area contributed by atoms with Crippen LogP contribution in [0.5, 0.6) is 0 Å². The van der Waals surface area contributed by atoms with Gasteiger partial charge in [0.15, 0.2) is 0 Å². The molecule has 0 aliphatic heterocycles. The van der Waals surface area contributed by atoms with Gasteiger partial charge in [0.25, 0.3) is 0 Å². The molecule has 1 atom stereocenters. The fraction of sp³-hybridized carbons (Fsp3) is 0.417. The van der Waals surface area contributed by atoms with Crippen molar-refractivity contribution >= 4 is 5.97 Å². The number of hydrogen-bond donors (Lipinski definition) is 2. The van der Waals surface area contributed by atoms with Crippen molar-refractivity contribution in [2.75, 3.05) is 0 Å². The first-order valence-corrected chi connectivity index (χ1v) is 5.04. The molecule has 0 aliphatic carbocycles. The van der Waals surface area contributed by atoms with Gasteiger partial charge in [0, 0.05) is 6.08 Å². The lowest BCUT2D eigenvalue weighted by Gasteiger charge is -1.93. The molecule has 0 amide bonds. The fourth-order valence-electron chi connectivity index (χ4n) is 0.620. The minimum Gasteiger partial charge on any atom is -0.478 e. The third-order valence-electron chi connectivity index (χ3n) is 1.19. The van der Waals surface area contributed by atoms with E-state index in [0.29, 0.717) is 6.42 Å². The van der Waals surface area contributed by atoms with Gasteiger partial charge in [-0.05, 0) is 13.3 Å². The van der Waals surface area contributed by atoms with Crippen LogP contribution >= 0.6 is 0 Å². The molecule has 2 N–H and O–H groups in total. The molecule has 3 nitrogen and oxygen atoms in total. The number of carboxylic acids is 1. The summed E-state index contributed by atoms with van der Waals surface area (Å²) in [4.78, 5) is 10.0. The molecule has 3 heteroatoms. The highest BCUT2D eigenvalue weighted by Gasteiger charge is 1.86. The summed E-state index contributed by atoms with van der Waals surface area (Å²) in [6.45, 7) is 5.71. The fourth-order valence-corrected chi connectivity index (χ4v) is 0.620. The highest BCUT2D eigenvalue weighted by atomic mass is 16.4. The summed E-state index contributed by atoms with van der Waals surface area (Å²) >= 11 is 0. The van der Waals surface area contributed by atoms with Gasteiger partial charge in [-0.3, -0.25) is 0 Å². The third kappa shape index (κ3) is 19.2. The monoisotopic (exact) mass is 212 g/mol. The van der Waals surface area contributed by atoms with E-state index in [4.69, 9.17) is 10.2 Å². The standard InChI is InChI=1S/C10H14O3.C2H6/c1-9(11)7-5-3-2-4-6-8-10(12)13;1-2/h2-6,8-9,11H,7H2,1H3,(H,12,13);1-2H3/b4-2+,5-3+,8-6+;. The van der Waals surface area contributed by atoms with E-state index in [-0.39, 0.29) is 6.10 Å². The molecule has 0 heterocycles. The summed E-state index contributed by atoms with van der Waals surface area (Å²) in [6, 6.07) is 0. The summed E-state index contributed by atoms with van der Waals surface area (Å²) in [5.41, 5.74) is 0. The second-order valence-corrected chi connectivity index (χ2v) is 2.60. The number of hydrogen-bond acceptors (Lipinski definition) is 2. The Labute approximate surface area is 91.4 Å². The molecule has 0 aliphatic rings. The first-order chi connectivity index (χ1) is 7.13. The average molecular weight is 212 g/mol. The van der Waals surface area contributed by atoms with E-state index in [2.05, 4.69) is 0 Å². The van der Waals surface area contributed by atoms with Gasteiger partial charge in [0.05, 0.1) is 6.10 Å². The summed E-state index contributed by atoms with van der Waals surface area (Å²) in [5, 5.41) is 17.1. The van der Waals surface area contributed by atoms with Crippen LogP contribution in [-0.4, -0.2) is 22.3 Å². The van der Waals surface area contributed by atoms with Crippen molar-refractivity contribution in [3.63, 3.8) is 0 Å². The second-order valence-electron chi connectivity index (χ2n) is 2.60. The van der Waals surface area contributed by atoms with Crippen molar-refractivity contribution in [3.05, 3.63) is 36.5 Å². The van der Waals surface area contributed by atoms with E-state index in [1.165, 1.54) is 6.08 Å². The minimum atomic E-state index is -0.961. The van der Waals surface area contributed by atoms with E-state index >= 15 is 0 Å². The van der Waals surface area contributed by atoms with Crippen LogP contribution in [0.25, 0.3) is 0 Å². The quantitative estimate of drug-likeness (QED) is 0.544. The van der Waals surface area contributed by atoms with Crippen molar-refractivity contribution in [2.24, 2.45) is 0 Å². The van der Waals surface area contributed by atoms with Crippen molar-refractivity contribution in [1.82, 2.24) is 0 Å². The zero-order chi connectivity index (χ0) is 12.1. The first kappa shape index (κ1) is 16.1. The van der Waals surface area contributed by atoms with E-state index in [1.807, 2.05) is 19.9 Å². The van der Waals surface area contributed by atoms with Crippen LogP contribution in [0.4, 0.5) is 0 Å². The molecule has 0 aromatic rings. The molecule has 0 aromatic carbocycles. The maximum Gasteiger partial charge on any atom is 0.328 e. The number of carbonyl (C=O) groups is 1. The number of aliphatic carboxylic acids is 1. The first-order valence-electron chi connectivity index (χ1n) is 5.04. The van der Waals surface area contributed by atoms with Crippen molar-refractivity contribution in [3.8, 4) is 0 Å². The van der Waals surface area contributed by atoms with Crippen molar-refractivity contribution < 1.29 is 15.0 Å². The molecule has 0 fully saturated rings. The van der Waals surface area contributed by atoms with Gasteiger partial charge in [0.2, 0.25) is 0 Å². The van der Waals surface area contributed by atoms with E-state index < -0.39 is 5.97 Å². The van der Waals surface area contributed by atoms with Crippen LogP contribution in [-0.2, 0) is 4.79 Å². The van der Waals surface area contributed by atoms with Crippen LogP contribution in [0.1, 0.15) is 27.2 Å². The highest BCUT2D eigenvalue weighted by Crippen LogP contribution is 1.91. The molecule has 1 unspecified atom stereocenters. The molecule has 0 spiro atoms. The summed E-state index contributed by atoms with van der Waals surface area (Å²) in [7, 11) is 0. The number of carboxylic acid groups (broad SMARTS) is 1. The highest BCUT2D eigenvalue weighted by molar-refractivity contribution is 5.80. The topological polar surface area (TPSA) is 57.5 Å². The summed E-state index contributed by atoms with van der Waals surface area (Å²) in [5.74, 6) is -0.961. The molecule has 0 saturated heterocycles. The third-order valence-corrected chi connectivity index (χ3v) is 1.19. The molecule has 0 aromatic heterocycles. The van der Waals surface area contributed by atoms with Gasteiger partial charge in [-0.15, -0.1) is 0 Å². The van der Waals surface area contributed by atoms with Crippen LogP contribution in [0, 0.1) is 0 Å². The molecule has 0 rings (SSSR count). The predicted molar refractivity (Wildman–Crippen MR) is 62.7 cm³/mol. The molecule has 0 bridgehead atoms. The van der Waals surface area contributed by atoms with Crippen molar-refractivity contribution in [1.29, 1.82) is 0 Å². The average Bonchev–Trinajstić information content (AvgIpc) is 2.18. The minimum absolute atomic E-state index is 0.334. The van der Waals surface area contributed by atoms with Gasteiger partial charge in [-0.2, -0.15) is 0 Å². The Bertz CT molecular complexity index is 225. The number of rotatable bonds is 5. The molecule has 0 saturated carbocycles. The van der Waals surface area contributed by atoms with Gasteiger partial charge in [0.1, 0.15) is 0 Å². The van der Waals surface area contributed by atoms with E-state index in [1.54, 1.807) is 25.2 Å². The number of aliphatic hydroxyl groups excluding tert-OH is 1. The smallest absolute Gasteiger partial charge is 0.328 e. The van der Waals surface area contributed by atoms with Gasteiger partial charge in [-0.25, -0.2) is 4.79 Å². The van der Waals surface area contributed by atoms with E-state index in [9.17, 15) is 4.79 Å². The van der Waals surface area contributed by atoms with Gasteiger partial charge in [-0.1, -0.05) is 44.2 Å². The molecule has 86 valence electrons. The Morgan fingerprint density at radius 3 is 2.20 bits per heavy atom. The second kappa shape index (κ2) is 12.7. The number of aliphatic hydroxyl groups is 1.